The van der Waals surface area contributed by atoms with Gasteiger partial charge < -0.3 is 10.2 Å². The lowest BCUT2D eigenvalue weighted by Gasteiger charge is -1.64. The molecule has 6 heteroatoms. The summed E-state index contributed by atoms with van der Waals surface area (Å²) in [7, 11) is 0. The predicted molar refractivity (Wildman–Crippen MR) is 44.1 cm³/mol. The van der Waals surface area contributed by atoms with Gasteiger partial charge in [-0.1, -0.05) is 13.2 Å². The van der Waals surface area contributed by atoms with E-state index in [2.05, 4.69) is 13.2 Å². The summed E-state index contributed by atoms with van der Waals surface area (Å²) in [5.41, 5.74) is 0. The Kier molecular flexibility index (Phi) is 21.5. The summed E-state index contributed by atoms with van der Waals surface area (Å²) in [4.78, 5) is 26.8. The van der Waals surface area contributed by atoms with Gasteiger partial charge in [0.05, 0.1) is 0 Å². The molecule has 0 amide bonds. The monoisotopic (exact) mass is 187 g/mol. The van der Waals surface area contributed by atoms with Crippen molar-refractivity contribution in [1.29, 1.82) is 5.41 Å². The zero-order valence-corrected chi connectivity index (χ0v) is 6.69. The van der Waals surface area contributed by atoms with Gasteiger partial charge in [0, 0.05) is 12.2 Å². The van der Waals surface area contributed by atoms with Crippen LogP contribution in [-0.4, -0.2) is 28.2 Å². The maximum Gasteiger partial charge on any atom is 0.327 e. The Morgan fingerprint density at radius 1 is 1.15 bits per heavy atom. The van der Waals surface area contributed by atoms with Crippen LogP contribution in [0.1, 0.15) is 0 Å². The van der Waals surface area contributed by atoms with Gasteiger partial charge in [-0.2, -0.15) is 0 Å². The summed E-state index contributed by atoms with van der Waals surface area (Å²) in [6, 6.07) is 0. The standard InChI is InChI=1S/2C3H4O2.CHNO/c2*1-2-3(4)5;2-1-3/h2*2H,1H2,(H,4,5);2H. The molecule has 0 aromatic heterocycles. The van der Waals surface area contributed by atoms with Crippen LogP contribution < -0.4 is 0 Å². The number of carbonyl (C=O) groups excluding carboxylic acids is 1. The topological polar surface area (TPSA) is 116 Å². The van der Waals surface area contributed by atoms with E-state index in [4.69, 9.17) is 20.4 Å². The first-order valence-electron chi connectivity index (χ1n) is 2.70. The number of hydrogen-bond acceptors (Lipinski definition) is 4. The molecule has 0 radical (unpaired) electrons. The van der Waals surface area contributed by atoms with Crippen LogP contribution in [0.2, 0.25) is 0 Å². The predicted octanol–water partition coefficient (Wildman–Crippen LogP) is 0.415. The van der Waals surface area contributed by atoms with Crippen molar-refractivity contribution in [3.8, 4) is 0 Å². The molecule has 0 atom stereocenters. The third-order valence-electron chi connectivity index (χ3n) is 0.349. The Hall–Kier alpha value is -2.20. The summed E-state index contributed by atoms with van der Waals surface area (Å²) in [5.74, 6) is -1.96. The molecular weight excluding hydrogens is 178 g/mol. The van der Waals surface area contributed by atoms with E-state index in [-0.39, 0.29) is 0 Å². The van der Waals surface area contributed by atoms with E-state index in [9.17, 15) is 9.59 Å². The van der Waals surface area contributed by atoms with Crippen molar-refractivity contribution < 1.29 is 24.6 Å². The molecule has 0 aliphatic heterocycles. The molecule has 13 heavy (non-hydrogen) atoms. The van der Waals surface area contributed by atoms with E-state index in [0.717, 1.165) is 18.2 Å². The van der Waals surface area contributed by atoms with E-state index in [1.54, 1.807) is 0 Å². The Labute approximate surface area is 74.3 Å². The minimum Gasteiger partial charge on any atom is -0.478 e. The molecule has 72 valence electrons. The highest BCUT2D eigenvalue weighted by Crippen LogP contribution is 1.55. The molecule has 0 unspecified atom stereocenters. The number of carboxylic acids is 2. The molecule has 0 heterocycles. The molecule has 0 fully saturated rings. The number of carbonyl (C=O) groups is 2. The molecule has 0 spiro atoms. The van der Waals surface area contributed by atoms with Gasteiger partial charge in [-0.25, -0.2) is 19.8 Å². The van der Waals surface area contributed by atoms with Gasteiger partial charge in [0.1, 0.15) is 0 Å². The summed E-state index contributed by atoms with van der Waals surface area (Å²) >= 11 is 0. The summed E-state index contributed by atoms with van der Waals surface area (Å²) in [5, 5.41) is 20.6. The summed E-state index contributed by atoms with van der Waals surface area (Å²) in [6.07, 6.45) is 2.42. The Balaban J connectivity index is -0.000000120. The van der Waals surface area contributed by atoms with Crippen LogP contribution in [0.3, 0.4) is 0 Å². The maximum absolute atomic E-state index is 9.25. The number of carboxylic acid groups (broad SMARTS) is 2. The van der Waals surface area contributed by atoms with E-state index < -0.39 is 11.9 Å². The highest BCUT2D eigenvalue weighted by molar-refractivity contribution is 5.79. The molecule has 6 nitrogen and oxygen atoms in total. The zero-order chi connectivity index (χ0) is 11.3. The molecule has 0 aromatic rings. The van der Waals surface area contributed by atoms with Gasteiger partial charge >= 0.3 is 11.9 Å². The van der Waals surface area contributed by atoms with Crippen LogP contribution in [0.5, 0.6) is 0 Å². The fourth-order valence-electron chi connectivity index (χ4n) is 0. The number of nitrogens with one attached hydrogen (secondary N) is 1. The average molecular weight is 187 g/mol. The van der Waals surface area contributed by atoms with Gasteiger partial charge in [-0.15, -0.1) is 0 Å². The molecule has 3 N–H and O–H groups in total. The second-order valence-corrected chi connectivity index (χ2v) is 1.19. The van der Waals surface area contributed by atoms with E-state index >= 15 is 0 Å². The lowest BCUT2D eigenvalue weighted by molar-refractivity contribution is -0.132. The first kappa shape index (κ1) is 17.0. The van der Waals surface area contributed by atoms with Gasteiger partial charge in [0.15, 0.2) is 0 Å². The van der Waals surface area contributed by atoms with Crippen LogP contribution in [0.4, 0.5) is 0 Å². The van der Waals surface area contributed by atoms with Crippen molar-refractivity contribution in [1.82, 2.24) is 0 Å². The normalized spacial score (nSPS) is 5.54. The molecule has 0 bridgehead atoms. The first-order chi connectivity index (χ1) is 5.95. The largest absolute Gasteiger partial charge is 0.478 e. The minimum atomic E-state index is -0.981. The van der Waals surface area contributed by atoms with Gasteiger partial charge in [-0.3, -0.25) is 0 Å². The number of isocyanates is 1. The van der Waals surface area contributed by atoms with E-state index in [1.165, 1.54) is 0 Å². The molecular formula is C7H9NO5. The van der Waals surface area contributed by atoms with Crippen LogP contribution >= 0.6 is 0 Å². The highest BCUT2D eigenvalue weighted by atomic mass is 16.4. The second kappa shape index (κ2) is 16.4. The van der Waals surface area contributed by atoms with Crippen molar-refractivity contribution in [3.05, 3.63) is 25.3 Å². The lowest BCUT2D eigenvalue weighted by Crippen LogP contribution is -1.82. The molecule has 0 saturated heterocycles. The minimum absolute atomic E-state index is 0.750. The van der Waals surface area contributed by atoms with Crippen LogP contribution in [-0.2, 0) is 14.4 Å². The van der Waals surface area contributed by atoms with Crippen molar-refractivity contribution in [2.75, 3.05) is 0 Å². The quantitative estimate of drug-likeness (QED) is 0.329. The van der Waals surface area contributed by atoms with E-state index in [1.807, 2.05) is 0 Å². The average Bonchev–Trinajstić information content (AvgIpc) is 2.07. The van der Waals surface area contributed by atoms with Gasteiger partial charge in [-0.05, 0) is 0 Å². The van der Waals surface area contributed by atoms with E-state index in [0.29, 0.717) is 0 Å². The van der Waals surface area contributed by atoms with Gasteiger partial charge in [0.2, 0.25) is 6.08 Å². The number of hydrogen-bond donors (Lipinski definition) is 3. The van der Waals surface area contributed by atoms with Crippen molar-refractivity contribution >= 4 is 18.0 Å². The number of aliphatic carboxylic acids is 2. The fourth-order valence-corrected chi connectivity index (χ4v) is 0. The first-order valence-corrected chi connectivity index (χ1v) is 2.70. The SMILES string of the molecule is C=CC(=O)O.C=CC(=O)O.N=C=O. The van der Waals surface area contributed by atoms with Gasteiger partial charge in [0.25, 0.3) is 0 Å². The smallest absolute Gasteiger partial charge is 0.327 e. The Bertz CT molecular complexity index is 197. The molecule has 0 saturated carbocycles. The van der Waals surface area contributed by atoms with Crippen LogP contribution in [0, 0.1) is 5.41 Å². The van der Waals surface area contributed by atoms with Crippen molar-refractivity contribution in [2.24, 2.45) is 0 Å². The molecule has 0 aliphatic rings. The van der Waals surface area contributed by atoms with Crippen LogP contribution in [0.25, 0.3) is 0 Å². The third kappa shape index (κ3) is 184. The van der Waals surface area contributed by atoms with Crippen LogP contribution in [0.15, 0.2) is 25.3 Å². The van der Waals surface area contributed by atoms with Crippen molar-refractivity contribution in [3.63, 3.8) is 0 Å². The highest BCUT2D eigenvalue weighted by Gasteiger charge is 1.73. The Morgan fingerprint density at radius 2 is 1.23 bits per heavy atom. The fraction of sp³-hybridized carbons (Fsp3) is 0. The molecule has 0 aliphatic carbocycles. The number of rotatable bonds is 2. The lowest BCUT2D eigenvalue weighted by atomic mass is 10.7. The molecule has 0 rings (SSSR count). The molecule has 0 aromatic carbocycles. The third-order valence-corrected chi connectivity index (χ3v) is 0.349. The summed E-state index contributed by atoms with van der Waals surface area (Å²) in [6.45, 7) is 5.92. The summed E-state index contributed by atoms with van der Waals surface area (Å²) < 4.78 is 0. The Morgan fingerprint density at radius 3 is 1.23 bits per heavy atom. The second-order valence-electron chi connectivity index (χ2n) is 1.19. The zero-order valence-electron chi connectivity index (χ0n) is 6.69. The van der Waals surface area contributed by atoms with Crippen molar-refractivity contribution in [2.45, 2.75) is 0 Å². The maximum atomic E-state index is 9.25.